The number of thiazole rings is 1. The first-order valence-electron chi connectivity index (χ1n) is 9.70. The van der Waals surface area contributed by atoms with Crippen LogP contribution < -0.4 is 0 Å². The number of benzene rings is 1. The van der Waals surface area contributed by atoms with Gasteiger partial charge in [0.1, 0.15) is 29.5 Å². The topological polar surface area (TPSA) is 85.9 Å². The zero-order valence-electron chi connectivity index (χ0n) is 18.0. The van der Waals surface area contributed by atoms with Gasteiger partial charge in [-0.05, 0) is 26.8 Å². The highest BCUT2D eigenvalue weighted by atomic mass is 32.1. The molecule has 0 aliphatic carbocycles. The van der Waals surface area contributed by atoms with Crippen molar-refractivity contribution in [1.82, 2.24) is 9.55 Å². The second kappa shape index (κ2) is 8.57. The highest BCUT2D eigenvalue weighted by molar-refractivity contribution is 7.10. The van der Waals surface area contributed by atoms with E-state index in [1.54, 1.807) is 6.20 Å². The predicted molar refractivity (Wildman–Crippen MR) is 118 cm³/mol. The Bertz CT molecular complexity index is 1080. The Hall–Kier alpha value is -2.71. The number of hydrogen-bond acceptors (Lipinski definition) is 7. The second-order valence-electron chi connectivity index (χ2n) is 8.24. The van der Waals surface area contributed by atoms with E-state index in [-0.39, 0.29) is 5.92 Å². The van der Waals surface area contributed by atoms with Crippen LogP contribution in [-0.4, -0.2) is 39.2 Å². The van der Waals surface area contributed by atoms with Crippen molar-refractivity contribution in [3.63, 3.8) is 0 Å². The van der Waals surface area contributed by atoms with E-state index < -0.39 is 17.8 Å². The number of aliphatic hydroxyl groups excluding tert-OH is 1. The van der Waals surface area contributed by atoms with E-state index in [9.17, 15) is 9.90 Å². The lowest BCUT2D eigenvalue weighted by Gasteiger charge is -2.19. The van der Waals surface area contributed by atoms with Crippen molar-refractivity contribution in [2.75, 3.05) is 7.11 Å². The molecule has 0 aliphatic heterocycles. The normalized spacial score (nSPS) is 13.7. The highest BCUT2D eigenvalue weighted by Crippen LogP contribution is 2.33. The van der Waals surface area contributed by atoms with E-state index in [1.807, 2.05) is 64.3 Å². The zero-order chi connectivity index (χ0) is 22.1. The van der Waals surface area contributed by atoms with Gasteiger partial charge in [-0.3, -0.25) is 4.57 Å². The van der Waals surface area contributed by atoms with Gasteiger partial charge in [0.15, 0.2) is 0 Å². The molecule has 1 atom stereocenters. The van der Waals surface area contributed by atoms with Gasteiger partial charge < -0.3 is 14.7 Å². The Morgan fingerprint density at radius 3 is 2.60 bits per heavy atom. The molecule has 0 fully saturated rings. The third kappa shape index (κ3) is 4.55. The fourth-order valence-electron chi connectivity index (χ4n) is 3.10. The van der Waals surface area contributed by atoms with Crippen molar-refractivity contribution in [1.29, 1.82) is 0 Å². The number of oxime groups is 1. The van der Waals surface area contributed by atoms with Gasteiger partial charge in [-0.25, -0.2) is 9.78 Å². The van der Waals surface area contributed by atoms with Gasteiger partial charge in [-0.1, -0.05) is 37.2 Å². The minimum atomic E-state index is -0.992. The summed E-state index contributed by atoms with van der Waals surface area (Å²) in [7, 11) is 1.50. The SMILES string of the molecule is CO/N=C(\c1csc(C(O)c2cn(C(=O)OC(C)(C)C)c3ccccc23)n1)C(C)C. The van der Waals surface area contributed by atoms with Crippen LogP contribution in [0.4, 0.5) is 4.79 Å². The number of fused-ring (bicyclic) bond motifs is 1. The molecule has 1 unspecified atom stereocenters. The summed E-state index contributed by atoms with van der Waals surface area (Å²) in [6, 6.07) is 7.41. The van der Waals surface area contributed by atoms with Crippen molar-refractivity contribution < 1.29 is 19.5 Å². The van der Waals surface area contributed by atoms with E-state index in [2.05, 4.69) is 10.1 Å². The molecule has 0 aliphatic rings. The summed E-state index contributed by atoms with van der Waals surface area (Å²) in [5.41, 5.74) is 2.01. The highest BCUT2D eigenvalue weighted by Gasteiger charge is 2.25. The summed E-state index contributed by atoms with van der Waals surface area (Å²) >= 11 is 1.34. The number of ether oxygens (including phenoxy) is 1. The Balaban J connectivity index is 2.01. The number of aliphatic hydroxyl groups is 1. The number of rotatable bonds is 5. The summed E-state index contributed by atoms with van der Waals surface area (Å²) < 4.78 is 6.95. The first-order chi connectivity index (χ1) is 14.1. The Morgan fingerprint density at radius 2 is 1.97 bits per heavy atom. The van der Waals surface area contributed by atoms with Crippen LogP contribution in [0.15, 0.2) is 41.0 Å². The molecule has 8 heteroatoms. The van der Waals surface area contributed by atoms with Gasteiger partial charge in [0, 0.05) is 28.4 Å². The molecule has 1 aromatic carbocycles. The molecule has 3 aromatic rings. The first kappa shape index (κ1) is 22.0. The fraction of sp³-hybridized carbons (Fsp3) is 0.409. The molecule has 0 radical (unpaired) electrons. The molecule has 3 rings (SSSR count). The minimum absolute atomic E-state index is 0.117. The molecule has 1 N–H and O–H groups in total. The molecule has 2 aromatic heterocycles. The molecule has 2 heterocycles. The van der Waals surface area contributed by atoms with Crippen molar-refractivity contribution in [2.45, 2.75) is 46.3 Å². The van der Waals surface area contributed by atoms with Crippen molar-refractivity contribution >= 4 is 34.0 Å². The van der Waals surface area contributed by atoms with Crippen molar-refractivity contribution in [2.24, 2.45) is 11.1 Å². The van der Waals surface area contributed by atoms with Gasteiger partial charge in [0.2, 0.25) is 0 Å². The summed E-state index contributed by atoms with van der Waals surface area (Å²) in [4.78, 5) is 22.2. The van der Waals surface area contributed by atoms with Crippen LogP contribution in [0.5, 0.6) is 0 Å². The Kier molecular flexibility index (Phi) is 6.28. The number of carbonyl (C=O) groups is 1. The predicted octanol–water partition coefficient (Wildman–Crippen LogP) is 4.97. The second-order valence-corrected chi connectivity index (χ2v) is 9.13. The molecule has 7 nitrogen and oxygen atoms in total. The van der Waals surface area contributed by atoms with E-state index in [1.165, 1.54) is 23.0 Å². The molecule has 0 saturated carbocycles. The lowest BCUT2D eigenvalue weighted by Crippen LogP contribution is -2.26. The van der Waals surface area contributed by atoms with Crippen LogP contribution in [0.2, 0.25) is 0 Å². The molecule has 0 spiro atoms. The van der Waals surface area contributed by atoms with E-state index in [4.69, 9.17) is 9.57 Å². The number of carbonyl (C=O) groups excluding carboxylic acids is 1. The molecular weight excluding hydrogens is 402 g/mol. The lowest BCUT2D eigenvalue weighted by atomic mass is 10.1. The van der Waals surface area contributed by atoms with Crippen LogP contribution in [0.1, 0.15) is 57.0 Å². The number of nitrogens with zero attached hydrogens (tertiary/aromatic N) is 3. The summed E-state index contributed by atoms with van der Waals surface area (Å²) in [5, 5.41) is 18.3. The number of aromatic nitrogens is 2. The van der Waals surface area contributed by atoms with Crippen LogP contribution in [-0.2, 0) is 9.57 Å². The Labute approximate surface area is 179 Å². The van der Waals surface area contributed by atoms with Crippen LogP contribution in [0, 0.1) is 5.92 Å². The van der Waals surface area contributed by atoms with Crippen LogP contribution in [0.3, 0.4) is 0 Å². The minimum Gasteiger partial charge on any atom is -0.443 e. The standard InChI is InChI=1S/C22H27N3O4S/c1-13(2)18(24-28-6)16-12-30-20(23-16)19(26)15-11-25(21(27)29-22(3,4)5)17-10-8-7-9-14(15)17/h7-13,19,26H,1-6H3/b24-18-. The Morgan fingerprint density at radius 1 is 1.27 bits per heavy atom. The molecule has 0 bridgehead atoms. The largest absolute Gasteiger partial charge is 0.443 e. The van der Waals surface area contributed by atoms with Gasteiger partial charge in [0.05, 0.1) is 11.2 Å². The third-order valence-electron chi connectivity index (χ3n) is 4.38. The molecule has 0 amide bonds. The maximum atomic E-state index is 12.7. The summed E-state index contributed by atoms with van der Waals surface area (Å²) in [6.45, 7) is 9.45. The maximum Gasteiger partial charge on any atom is 0.419 e. The van der Waals surface area contributed by atoms with Gasteiger partial charge >= 0.3 is 6.09 Å². The van der Waals surface area contributed by atoms with Gasteiger partial charge in [-0.2, -0.15) is 0 Å². The van der Waals surface area contributed by atoms with Crippen molar-refractivity contribution in [3.05, 3.63) is 52.1 Å². The van der Waals surface area contributed by atoms with Crippen LogP contribution in [0.25, 0.3) is 10.9 Å². The lowest BCUT2D eigenvalue weighted by molar-refractivity contribution is 0.0544. The quantitative estimate of drug-likeness (QED) is 0.457. The smallest absolute Gasteiger partial charge is 0.419 e. The molecule has 0 saturated heterocycles. The average Bonchev–Trinajstić information content (AvgIpc) is 3.29. The molecule has 30 heavy (non-hydrogen) atoms. The van der Waals surface area contributed by atoms with E-state index in [0.717, 1.165) is 5.39 Å². The third-order valence-corrected chi connectivity index (χ3v) is 5.28. The maximum absolute atomic E-state index is 12.7. The van der Waals surface area contributed by atoms with E-state index in [0.29, 0.717) is 27.5 Å². The number of hydrogen-bond donors (Lipinski definition) is 1. The first-order valence-corrected chi connectivity index (χ1v) is 10.6. The average molecular weight is 430 g/mol. The molecular formula is C22H27N3O4S. The monoisotopic (exact) mass is 429 g/mol. The fourth-order valence-corrected chi connectivity index (χ4v) is 3.91. The molecule has 160 valence electrons. The number of para-hydroxylation sites is 1. The van der Waals surface area contributed by atoms with E-state index >= 15 is 0 Å². The summed E-state index contributed by atoms with van der Waals surface area (Å²) in [5.74, 6) is 0.117. The van der Waals surface area contributed by atoms with Gasteiger partial charge in [-0.15, -0.1) is 11.3 Å². The van der Waals surface area contributed by atoms with Crippen LogP contribution >= 0.6 is 11.3 Å². The van der Waals surface area contributed by atoms with Gasteiger partial charge in [0.25, 0.3) is 0 Å². The zero-order valence-corrected chi connectivity index (χ0v) is 18.9. The summed E-state index contributed by atoms with van der Waals surface area (Å²) in [6.07, 6.45) is 0.136. The van der Waals surface area contributed by atoms with Crippen molar-refractivity contribution in [3.8, 4) is 0 Å².